The van der Waals surface area contributed by atoms with Gasteiger partial charge in [0.2, 0.25) is 0 Å². The Morgan fingerprint density at radius 2 is 2.33 bits per heavy atom. The van der Waals surface area contributed by atoms with Crippen molar-refractivity contribution in [2.75, 3.05) is 0 Å². The molecule has 1 radical (unpaired) electrons. The topological polar surface area (TPSA) is 26.9 Å². The molecule has 47 valence electrons. The van der Waals surface area contributed by atoms with E-state index in [1.54, 1.807) is 0 Å². The van der Waals surface area contributed by atoms with E-state index in [0.29, 0.717) is 15.4 Å². The maximum Gasteiger partial charge on any atom is 0.194 e. The first-order chi connectivity index (χ1) is 4.20. The van der Waals surface area contributed by atoms with Crippen LogP contribution in [0, 0.1) is 12.1 Å². The van der Waals surface area contributed by atoms with E-state index in [4.69, 9.17) is 11.6 Å². The number of nitrogens with zero attached hydrogens (tertiary/aromatic N) is 1. The maximum absolute atomic E-state index is 10.6. The highest BCUT2D eigenvalue weighted by atomic mass is 35.5. The zero-order valence-corrected chi connectivity index (χ0v) is 5.43. The van der Waals surface area contributed by atoms with Gasteiger partial charge < -0.3 is 5.21 Å². The molecule has 0 aliphatic carbocycles. The van der Waals surface area contributed by atoms with Crippen LogP contribution in [0.2, 0.25) is 5.02 Å². The first-order valence-electron chi connectivity index (χ1n) is 2.41. The Bertz CT molecular complexity index is 224. The van der Waals surface area contributed by atoms with Crippen molar-refractivity contribution in [3.63, 3.8) is 0 Å². The van der Waals surface area contributed by atoms with Crippen molar-refractivity contribution in [1.82, 2.24) is 0 Å². The molecule has 0 saturated carbocycles. The molecule has 0 aliphatic heterocycles. The first kappa shape index (κ1) is 6.36. The molecule has 0 unspecified atom stereocenters. The highest BCUT2D eigenvalue weighted by Crippen LogP contribution is 2.04. The molecular weight excluding hydrogens is 138 g/mol. The Balaban J connectivity index is 3.17. The van der Waals surface area contributed by atoms with Gasteiger partial charge >= 0.3 is 0 Å². The predicted molar refractivity (Wildman–Crippen MR) is 34.9 cm³/mol. The highest BCUT2D eigenvalue weighted by molar-refractivity contribution is 6.30. The van der Waals surface area contributed by atoms with Crippen molar-refractivity contribution in [2.24, 2.45) is 0 Å². The third-order valence-electron chi connectivity index (χ3n) is 0.957. The largest absolute Gasteiger partial charge is 0.619 e. The lowest BCUT2D eigenvalue weighted by Crippen LogP contribution is -2.28. The predicted octanol–water partition coefficient (Wildman–Crippen LogP) is 1.16. The average molecular weight is 143 g/mol. The van der Waals surface area contributed by atoms with Crippen LogP contribution in [0.5, 0.6) is 0 Å². The molecule has 3 heteroatoms. The van der Waals surface area contributed by atoms with Crippen molar-refractivity contribution < 1.29 is 4.73 Å². The van der Waals surface area contributed by atoms with Gasteiger partial charge in [0, 0.05) is 19.1 Å². The van der Waals surface area contributed by atoms with Crippen LogP contribution in [0.3, 0.4) is 0 Å². The highest BCUT2D eigenvalue weighted by Gasteiger charge is 1.96. The SMILES string of the molecule is [CH2]c1cc(Cl)cc[n+]1[O-]. The third-order valence-corrected chi connectivity index (χ3v) is 1.19. The van der Waals surface area contributed by atoms with Crippen molar-refractivity contribution in [2.45, 2.75) is 0 Å². The second-order valence-electron chi connectivity index (χ2n) is 1.66. The van der Waals surface area contributed by atoms with Crippen LogP contribution in [0.15, 0.2) is 18.3 Å². The van der Waals surface area contributed by atoms with Gasteiger partial charge in [0.05, 0.1) is 5.02 Å². The molecule has 1 rings (SSSR count). The van der Waals surface area contributed by atoms with Crippen molar-refractivity contribution >= 4 is 11.6 Å². The van der Waals surface area contributed by atoms with Crippen molar-refractivity contribution in [3.8, 4) is 0 Å². The lowest BCUT2D eigenvalue weighted by molar-refractivity contribution is -0.609. The van der Waals surface area contributed by atoms with Crippen molar-refractivity contribution in [3.05, 3.63) is 41.2 Å². The monoisotopic (exact) mass is 142 g/mol. The van der Waals surface area contributed by atoms with Crippen LogP contribution in [0.4, 0.5) is 0 Å². The zero-order chi connectivity index (χ0) is 6.85. The summed E-state index contributed by atoms with van der Waals surface area (Å²) in [6.07, 6.45) is 1.32. The van der Waals surface area contributed by atoms with Gasteiger partial charge in [-0.05, 0) is 0 Å². The molecule has 0 aliphatic rings. The van der Waals surface area contributed by atoms with E-state index in [2.05, 4.69) is 6.92 Å². The van der Waals surface area contributed by atoms with Crippen LogP contribution < -0.4 is 4.73 Å². The summed E-state index contributed by atoms with van der Waals surface area (Å²) in [7, 11) is 0. The van der Waals surface area contributed by atoms with E-state index >= 15 is 0 Å². The summed E-state index contributed by atoms with van der Waals surface area (Å²) in [6.45, 7) is 3.45. The lowest BCUT2D eigenvalue weighted by Gasteiger charge is -1.97. The summed E-state index contributed by atoms with van der Waals surface area (Å²) in [6, 6.07) is 3.03. The Kier molecular flexibility index (Phi) is 1.58. The third kappa shape index (κ3) is 1.33. The molecule has 0 saturated heterocycles. The molecule has 0 fully saturated rings. The summed E-state index contributed by atoms with van der Waals surface area (Å²) in [5.74, 6) is 0. The number of pyridine rings is 1. The fraction of sp³-hybridized carbons (Fsp3) is 0. The maximum atomic E-state index is 10.6. The summed E-state index contributed by atoms with van der Waals surface area (Å²) >= 11 is 5.52. The number of aromatic nitrogens is 1. The minimum absolute atomic E-state index is 0.363. The van der Waals surface area contributed by atoms with E-state index in [-0.39, 0.29) is 0 Å². The molecular formula is C6H5ClNO. The van der Waals surface area contributed by atoms with Gasteiger partial charge in [0.25, 0.3) is 0 Å². The smallest absolute Gasteiger partial charge is 0.194 e. The second-order valence-corrected chi connectivity index (χ2v) is 2.10. The quantitative estimate of drug-likeness (QED) is 0.395. The number of halogens is 1. The van der Waals surface area contributed by atoms with E-state index in [1.165, 1.54) is 18.3 Å². The zero-order valence-electron chi connectivity index (χ0n) is 4.67. The van der Waals surface area contributed by atoms with Crippen LogP contribution in [-0.2, 0) is 0 Å². The lowest BCUT2D eigenvalue weighted by atomic mass is 10.4. The van der Waals surface area contributed by atoms with Gasteiger partial charge in [-0.1, -0.05) is 11.6 Å². The summed E-state index contributed by atoms with van der Waals surface area (Å²) < 4.78 is 0.659. The Morgan fingerprint density at radius 3 is 2.78 bits per heavy atom. The van der Waals surface area contributed by atoms with Gasteiger partial charge in [0.15, 0.2) is 11.9 Å². The molecule has 0 amide bonds. The van der Waals surface area contributed by atoms with Crippen LogP contribution in [0.1, 0.15) is 5.69 Å². The molecule has 1 aromatic heterocycles. The summed E-state index contributed by atoms with van der Waals surface area (Å²) in [4.78, 5) is 0. The molecule has 0 bridgehead atoms. The van der Waals surface area contributed by atoms with Gasteiger partial charge in [-0.2, -0.15) is 4.73 Å². The van der Waals surface area contributed by atoms with Gasteiger partial charge in [-0.25, -0.2) is 0 Å². The van der Waals surface area contributed by atoms with Gasteiger partial charge in [-0.15, -0.1) is 0 Å². The molecule has 2 nitrogen and oxygen atoms in total. The van der Waals surface area contributed by atoms with Crippen molar-refractivity contribution in [1.29, 1.82) is 0 Å². The second kappa shape index (κ2) is 2.23. The van der Waals surface area contributed by atoms with E-state index in [1.807, 2.05) is 0 Å². The Hall–Kier alpha value is -0.760. The number of hydrogen-bond acceptors (Lipinski definition) is 1. The molecule has 0 spiro atoms. The summed E-state index contributed by atoms with van der Waals surface area (Å²) in [5.41, 5.74) is 0.363. The summed E-state index contributed by atoms with van der Waals surface area (Å²) in [5, 5.41) is 11.1. The Morgan fingerprint density at radius 1 is 1.67 bits per heavy atom. The normalized spacial score (nSPS) is 9.56. The van der Waals surface area contributed by atoms with Crippen LogP contribution >= 0.6 is 11.6 Å². The Labute approximate surface area is 58.3 Å². The molecule has 1 heterocycles. The fourth-order valence-corrected chi connectivity index (χ4v) is 0.688. The molecule has 0 atom stereocenters. The molecule has 0 aromatic carbocycles. The number of rotatable bonds is 0. The van der Waals surface area contributed by atoms with E-state index < -0.39 is 0 Å². The van der Waals surface area contributed by atoms with Crippen LogP contribution in [0.25, 0.3) is 0 Å². The van der Waals surface area contributed by atoms with E-state index in [0.717, 1.165) is 0 Å². The minimum atomic E-state index is 0.363. The minimum Gasteiger partial charge on any atom is -0.619 e. The number of hydrogen-bond donors (Lipinski definition) is 0. The fourth-order valence-electron chi connectivity index (χ4n) is 0.506. The first-order valence-corrected chi connectivity index (χ1v) is 2.78. The molecule has 1 aromatic rings. The van der Waals surface area contributed by atoms with Gasteiger partial charge in [-0.3, -0.25) is 0 Å². The average Bonchev–Trinajstić information content (AvgIpc) is 1.80. The van der Waals surface area contributed by atoms with Gasteiger partial charge in [0.1, 0.15) is 0 Å². The standard InChI is InChI=1S/C6H5ClNO/c1-5-4-6(7)2-3-8(5)9/h2-4H,1H2. The molecule has 9 heavy (non-hydrogen) atoms. The molecule has 0 N–H and O–H groups in total. The van der Waals surface area contributed by atoms with E-state index in [9.17, 15) is 5.21 Å². The van der Waals surface area contributed by atoms with Crippen LogP contribution in [-0.4, -0.2) is 0 Å².